The van der Waals surface area contributed by atoms with Gasteiger partial charge in [0.25, 0.3) is 0 Å². The zero-order chi connectivity index (χ0) is 18.4. The van der Waals surface area contributed by atoms with Gasteiger partial charge in [0, 0.05) is 5.56 Å². The first-order chi connectivity index (χ1) is 12.0. The fourth-order valence-corrected chi connectivity index (χ4v) is 4.62. The fourth-order valence-electron chi connectivity index (χ4n) is 4.62. The van der Waals surface area contributed by atoms with Crippen molar-refractivity contribution in [3.8, 4) is 11.5 Å². The van der Waals surface area contributed by atoms with Crippen LogP contribution in [0.5, 0.6) is 11.5 Å². The van der Waals surface area contributed by atoms with Gasteiger partial charge in [0.1, 0.15) is 11.5 Å². The molecule has 0 amide bonds. The van der Waals surface area contributed by atoms with Crippen LogP contribution in [0.3, 0.4) is 0 Å². The normalized spacial score (nSPS) is 23.7. The van der Waals surface area contributed by atoms with Gasteiger partial charge in [-0.25, -0.2) is 0 Å². The fraction of sp³-hybridized carbons (Fsp3) is 0.739. The maximum atomic E-state index is 5.87. The minimum atomic E-state index is 0.540. The van der Waals surface area contributed by atoms with Crippen molar-refractivity contribution < 1.29 is 9.47 Å². The Morgan fingerprint density at radius 2 is 1.68 bits per heavy atom. The number of methoxy groups -OCH3 is 2. The van der Waals surface area contributed by atoms with E-state index in [4.69, 9.17) is 9.47 Å². The second-order valence-corrected chi connectivity index (χ2v) is 8.30. The van der Waals surface area contributed by atoms with Gasteiger partial charge in [0.15, 0.2) is 0 Å². The lowest BCUT2D eigenvalue weighted by molar-refractivity contribution is 0.191. The third kappa shape index (κ3) is 4.92. The molecule has 2 heteroatoms. The molecule has 142 valence electrons. The third-order valence-electron chi connectivity index (χ3n) is 6.07. The first-order valence-electron chi connectivity index (χ1n) is 10.3. The van der Waals surface area contributed by atoms with E-state index < -0.39 is 0 Å². The molecule has 1 aliphatic carbocycles. The molecular formula is C23H38O2. The van der Waals surface area contributed by atoms with E-state index in [0.29, 0.717) is 17.8 Å². The molecule has 1 aromatic rings. The molecule has 1 aliphatic rings. The molecule has 0 aromatic heterocycles. The van der Waals surface area contributed by atoms with Crippen LogP contribution in [0.15, 0.2) is 12.1 Å². The molecular weight excluding hydrogens is 308 g/mol. The Morgan fingerprint density at radius 1 is 1.04 bits per heavy atom. The van der Waals surface area contributed by atoms with Gasteiger partial charge in [-0.3, -0.25) is 0 Å². The second kappa shape index (κ2) is 9.50. The van der Waals surface area contributed by atoms with Crippen LogP contribution in [0.25, 0.3) is 0 Å². The summed E-state index contributed by atoms with van der Waals surface area (Å²) < 4.78 is 11.7. The number of unbranched alkanes of at least 4 members (excludes halogenated alkanes) is 2. The maximum Gasteiger partial charge on any atom is 0.126 e. The van der Waals surface area contributed by atoms with Gasteiger partial charge >= 0.3 is 0 Å². The number of hydrogen-bond acceptors (Lipinski definition) is 2. The summed E-state index contributed by atoms with van der Waals surface area (Å²) in [6.45, 7) is 9.37. The molecule has 0 bridgehead atoms. The van der Waals surface area contributed by atoms with Crippen LogP contribution in [0.1, 0.15) is 83.3 Å². The van der Waals surface area contributed by atoms with Crippen LogP contribution in [-0.2, 0) is 6.42 Å². The van der Waals surface area contributed by atoms with E-state index in [1.165, 1.54) is 49.7 Å². The van der Waals surface area contributed by atoms with Gasteiger partial charge in [-0.1, -0.05) is 47.0 Å². The molecule has 1 saturated carbocycles. The van der Waals surface area contributed by atoms with Crippen LogP contribution in [0.4, 0.5) is 0 Å². The molecule has 0 N–H and O–H groups in total. The molecule has 0 radical (unpaired) electrons. The molecule has 0 heterocycles. The summed E-state index contributed by atoms with van der Waals surface area (Å²) in [5.74, 6) is 4.80. The van der Waals surface area contributed by atoms with Crippen molar-refractivity contribution >= 4 is 0 Å². The van der Waals surface area contributed by atoms with E-state index in [1.54, 1.807) is 0 Å². The van der Waals surface area contributed by atoms with Gasteiger partial charge in [0.2, 0.25) is 0 Å². The molecule has 3 atom stereocenters. The van der Waals surface area contributed by atoms with Crippen molar-refractivity contribution in [1.29, 1.82) is 0 Å². The van der Waals surface area contributed by atoms with Crippen LogP contribution in [0, 0.1) is 17.8 Å². The molecule has 2 nitrogen and oxygen atoms in total. The molecule has 25 heavy (non-hydrogen) atoms. The molecule has 0 unspecified atom stereocenters. The van der Waals surface area contributed by atoms with Gasteiger partial charge < -0.3 is 9.47 Å². The summed E-state index contributed by atoms with van der Waals surface area (Å²) in [6.07, 6.45) is 8.77. The van der Waals surface area contributed by atoms with Crippen molar-refractivity contribution in [1.82, 2.24) is 0 Å². The lowest BCUT2D eigenvalue weighted by Crippen LogP contribution is -2.27. The van der Waals surface area contributed by atoms with Crippen LogP contribution < -0.4 is 9.47 Å². The zero-order valence-corrected chi connectivity index (χ0v) is 17.2. The number of rotatable bonds is 8. The van der Waals surface area contributed by atoms with Crippen molar-refractivity contribution in [2.45, 2.75) is 78.6 Å². The molecule has 2 rings (SSSR count). The SMILES string of the molecule is CCCCCc1cc(OC)c([C@@H]2C[C@H](C)CC[C@H]2C(C)C)c(OC)c1. The number of benzene rings is 1. The third-order valence-corrected chi connectivity index (χ3v) is 6.07. The topological polar surface area (TPSA) is 18.5 Å². The predicted octanol–water partition coefficient (Wildman–Crippen LogP) is 6.61. The Balaban J connectivity index is 2.39. The highest BCUT2D eigenvalue weighted by atomic mass is 16.5. The number of aryl methyl sites for hydroxylation is 1. The van der Waals surface area contributed by atoms with Gasteiger partial charge in [-0.15, -0.1) is 0 Å². The van der Waals surface area contributed by atoms with E-state index in [-0.39, 0.29) is 0 Å². The highest BCUT2D eigenvalue weighted by molar-refractivity contribution is 5.51. The lowest BCUT2D eigenvalue weighted by Gasteiger charge is -2.39. The number of ether oxygens (including phenoxy) is 2. The summed E-state index contributed by atoms with van der Waals surface area (Å²) in [4.78, 5) is 0. The van der Waals surface area contributed by atoms with Gasteiger partial charge in [-0.2, -0.15) is 0 Å². The molecule has 0 aliphatic heterocycles. The lowest BCUT2D eigenvalue weighted by atomic mass is 9.67. The highest BCUT2D eigenvalue weighted by Gasteiger charge is 2.35. The van der Waals surface area contributed by atoms with Gasteiger partial charge in [0.05, 0.1) is 14.2 Å². The monoisotopic (exact) mass is 346 g/mol. The second-order valence-electron chi connectivity index (χ2n) is 8.30. The van der Waals surface area contributed by atoms with Crippen LogP contribution in [-0.4, -0.2) is 14.2 Å². The maximum absolute atomic E-state index is 5.87. The van der Waals surface area contributed by atoms with Crippen molar-refractivity contribution in [2.75, 3.05) is 14.2 Å². The Labute approximate surface area is 155 Å². The van der Waals surface area contributed by atoms with E-state index in [1.807, 2.05) is 14.2 Å². The zero-order valence-electron chi connectivity index (χ0n) is 17.2. The molecule has 1 fully saturated rings. The molecule has 0 saturated heterocycles. The first-order valence-corrected chi connectivity index (χ1v) is 10.3. The first kappa shape index (κ1) is 20.1. The molecule has 0 spiro atoms. The summed E-state index contributed by atoms with van der Waals surface area (Å²) in [7, 11) is 3.62. The van der Waals surface area contributed by atoms with Gasteiger partial charge in [-0.05, 0) is 67.1 Å². The minimum Gasteiger partial charge on any atom is -0.496 e. The summed E-state index contributed by atoms with van der Waals surface area (Å²) in [5.41, 5.74) is 2.66. The summed E-state index contributed by atoms with van der Waals surface area (Å²) in [6, 6.07) is 4.54. The number of hydrogen-bond donors (Lipinski definition) is 0. The van der Waals surface area contributed by atoms with Crippen molar-refractivity contribution in [3.63, 3.8) is 0 Å². The average molecular weight is 347 g/mol. The van der Waals surface area contributed by atoms with Crippen LogP contribution >= 0.6 is 0 Å². The highest BCUT2D eigenvalue weighted by Crippen LogP contribution is 2.50. The largest absolute Gasteiger partial charge is 0.496 e. The Kier molecular flexibility index (Phi) is 7.65. The summed E-state index contributed by atoms with van der Waals surface area (Å²) >= 11 is 0. The molecule has 1 aromatic carbocycles. The summed E-state index contributed by atoms with van der Waals surface area (Å²) in [5, 5.41) is 0. The van der Waals surface area contributed by atoms with Crippen molar-refractivity contribution in [2.24, 2.45) is 17.8 Å². The Morgan fingerprint density at radius 3 is 2.20 bits per heavy atom. The standard InChI is InChI=1S/C23H38O2/c1-7-8-9-10-18-14-21(24-5)23(22(15-18)25-6)20-13-17(4)11-12-19(20)16(2)3/h14-17,19-20H,7-13H2,1-6H3/t17-,19+,20-/m1/s1. The average Bonchev–Trinajstić information content (AvgIpc) is 2.60. The van der Waals surface area contributed by atoms with E-state index in [0.717, 1.165) is 23.8 Å². The van der Waals surface area contributed by atoms with Crippen LogP contribution in [0.2, 0.25) is 0 Å². The van der Waals surface area contributed by atoms with E-state index in [2.05, 4.69) is 39.8 Å². The smallest absolute Gasteiger partial charge is 0.126 e. The Bertz CT molecular complexity index is 510. The van der Waals surface area contributed by atoms with Crippen molar-refractivity contribution in [3.05, 3.63) is 23.3 Å². The predicted molar refractivity (Wildman–Crippen MR) is 107 cm³/mol. The van der Waals surface area contributed by atoms with E-state index >= 15 is 0 Å². The minimum absolute atomic E-state index is 0.540. The van der Waals surface area contributed by atoms with E-state index in [9.17, 15) is 0 Å². The Hall–Kier alpha value is -1.18. The quantitative estimate of drug-likeness (QED) is 0.493.